The molecule has 0 aromatic heterocycles. The molecule has 174 valence electrons. The molecule has 5 nitrogen and oxygen atoms in total. The van der Waals surface area contributed by atoms with Gasteiger partial charge in [-0.2, -0.15) is 0 Å². The van der Waals surface area contributed by atoms with Crippen LogP contribution in [0, 0.1) is 19.7 Å². The standard InChI is InChI=1S/C28H27FN2O3/c1-17(2)34-22-12-10-21(11-13-22)30-26-25(23-14-9-18(3)15-19(23)4)27(32)31(28(26)33)16-20-7-5-6-8-24(20)29/h5-15,17,30H,16H2,1-4H3. The predicted molar refractivity (Wildman–Crippen MR) is 131 cm³/mol. The van der Waals surface area contributed by atoms with Crippen molar-refractivity contribution < 1.29 is 18.7 Å². The number of nitrogens with one attached hydrogen (secondary N) is 1. The number of aryl methyl sites for hydroxylation is 2. The smallest absolute Gasteiger partial charge is 0.278 e. The largest absolute Gasteiger partial charge is 0.491 e. The molecule has 0 bridgehead atoms. The molecule has 1 aliphatic heterocycles. The zero-order valence-electron chi connectivity index (χ0n) is 19.7. The first kappa shape index (κ1) is 23.2. The molecule has 0 fully saturated rings. The van der Waals surface area contributed by atoms with Crippen LogP contribution in [0.1, 0.15) is 36.1 Å². The average Bonchev–Trinajstić information content (AvgIpc) is 3.00. The van der Waals surface area contributed by atoms with Crippen LogP contribution in [0.3, 0.4) is 0 Å². The second kappa shape index (κ2) is 9.51. The van der Waals surface area contributed by atoms with Gasteiger partial charge in [0, 0.05) is 11.3 Å². The number of halogens is 1. The van der Waals surface area contributed by atoms with E-state index < -0.39 is 17.6 Å². The second-order valence-electron chi connectivity index (χ2n) is 8.67. The van der Waals surface area contributed by atoms with E-state index in [1.807, 2.05) is 45.9 Å². The van der Waals surface area contributed by atoms with Crippen LogP contribution in [-0.2, 0) is 16.1 Å². The number of anilines is 1. The van der Waals surface area contributed by atoms with E-state index in [0.29, 0.717) is 17.0 Å². The second-order valence-corrected chi connectivity index (χ2v) is 8.67. The summed E-state index contributed by atoms with van der Waals surface area (Å²) in [4.78, 5) is 28.0. The molecule has 3 aromatic rings. The Morgan fingerprint density at radius 3 is 2.29 bits per heavy atom. The fourth-order valence-corrected chi connectivity index (χ4v) is 4.01. The third-order valence-electron chi connectivity index (χ3n) is 5.60. The predicted octanol–water partition coefficient (Wildman–Crippen LogP) is 5.62. The lowest BCUT2D eigenvalue weighted by molar-refractivity contribution is -0.137. The van der Waals surface area contributed by atoms with E-state index in [1.165, 1.54) is 6.07 Å². The van der Waals surface area contributed by atoms with E-state index in [9.17, 15) is 14.0 Å². The van der Waals surface area contributed by atoms with Gasteiger partial charge in [0.1, 0.15) is 17.3 Å². The van der Waals surface area contributed by atoms with Gasteiger partial charge in [0.2, 0.25) is 0 Å². The average molecular weight is 459 g/mol. The number of amides is 2. The molecule has 6 heteroatoms. The van der Waals surface area contributed by atoms with Crippen molar-refractivity contribution in [3.8, 4) is 5.75 Å². The molecule has 0 unspecified atom stereocenters. The number of hydrogen-bond acceptors (Lipinski definition) is 4. The number of nitrogens with zero attached hydrogens (tertiary/aromatic N) is 1. The third-order valence-corrected chi connectivity index (χ3v) is 5.60. The van der Waals surface area contributed by atoms with Crippen molar-refractivity contribution >= 4 is 23.1 Å². The highest BCUT2D eigenvalue weighted by Gasteiger charge is 2.40. The molecule has 0 saturated carbocycles. The van der Waals surface area contributed by atoms with E-state index in [4.69, 9.17) is 4.74 Å². The number of carbonyl (C=O) groups is 2. The summed E-state index contributed by atoms with van der Waals surface area (Å²) in [5.74, 6) is -0.703. The quantitative estimate of drug-likeness (QED) is 0.467. The fraction of sp³-hybridized carbons (Fsp3) is 0.214. The minimum absolute atomic E-state index is 0.0404. The van der Waals surface area contributed by atoms with Gasteiger partial charge >= 0.3 is 0 Å². The lowest BCUT2D eigenvalue weighted by Crippen LogP contribution is -2.32. The molecule has 0 radical (unpaired) electrons. The molecule has 0 atom stereocenters. The number of ether oxygens (including phenoxy) is 1. The van der Waals surface area contributed by atoms with Crippen LogP contribution in [0.5, 0.6) is 5.75 Å². The van der Waals surface area contributed by atoms with Gasteiger partial charge in [0.25, 0.3) is 11.8 Å². The maximum Gasteiger partial charge on any atom is 0.278 e. The van der Waals surface area contributed by atoms with Crippen molar-refractivity contribution in [3.63, 3.8) is 0 Å². The van der Waals surface area contributed by atoms with E-state index in [2.05, 4.69) is 5.32 Å². The highest BCUT2D eigenvalue weighted by Crippen LogP contribution is 2.34. The van der Waals surface area contributed by atoms with Gasteiger partial charge in [-0.1, -0.05) is 42.0 Å². The van der Waals surface area contributed by atoms with Crippen molar-refractivity contribution in [1.82, 2.24) is 4.90 Å². The summed E-state index contributed by atoms with van der Waals surface area (Å²) >= 11 is 0. The van der Waals surface area contributed by atoms with Gasteiger partial charge in [-0.05, 0) is 69.2 Å². The van der Waals surface area contributed by atoms with Crippen molar-refractivity contribution in [2.24, 2.45) is 0 Å². The molecular weight excluding hydrogens is 431 g/mol. The van der Waals surface area contributed by atoms with Crippen LogP contribution in [-0.4, -0.2) is 22.8 Å². The lowest BCUT2D eigenvalue weighted by atomic mass is 9.97. The van der Waals surface area contributed by atoms with E-state index in [0.717, 1.165) is 16.0 Å². The van der Waals surface area contributed by atoms with Gasteiger partial charge in [-0.25, -0.2) is 4.39 Å². The highest BCUT2D eigenvalue weighted by molar-refractivity contribution is 6.36. The molecule has 1 aliphatic rings. The molecular formula is C28H27FN2O3. The maximum atomic E-state index is 14.3. The highest BCUT2D eigenvalue weighted by atomic mass is 19.1. The van der Waals surface area contributed by atoms with Crippen molar-refractivity contribution in [1.29, 1.82) is 0 Å². The van der Waals surface area contributed by atoms with Crippen LogP contribution in [0.25, 0.3) is 5.57 Å². The van der Waals surface area contributed by atoms with Gasteiger partial charge in [-0.3, -0.25) is 14.5 Å². The first-order chi connectivity index (χ1) is 16.2. The molecule has 2 amide bonds. The van der Waals surface area contributed by atoms with E-state index in [-0.39, 0.29) is 29.5 Å². The minimum Gasteiger partial charge on any atom is -0.491 e. The van der Waals surface area contributed by atoms with Crippen LogP contribution < -0.4 is 10.1 Å². The molecule has 1 heterocycles. The molecule has 0 saturated heterocycles. The Bertz CT molecular complexity index is 1280. The zero-order valence-corrected chi connectivity index (χ0v) is 19.7. The number of rotatable bonds is 7. The number of carbonyl (C=O) groups excluding carboxylic acids is 2. The Balaban J connectivity index is 1.73. The number of hydrogen-bond donors (Lipinski definition) is 1. The summed E-state index contributed by atoms with van der Waals surface area (Å²) < 4.78 is 20.0. The Morgan fingerprint density at radius 1 is 0.941 bits per heavy atom. The SMILES string of the molecule is Cc1ccc(C2=C(Nc3ccc(OC(C)C)cc3)C(=O)N(Cc3ccccc3F)C2=O)c(C)c1. The monoisotopic (exact) mass is 458 g/mol. The summed E-state index contributed by atoms with van der Waals surface area (Å²) in [5, 5.41) is 3.14. The van der Waals surface area contributed by atoms with Crippen molar-refractivity contribution in [3.05, 3.63) is 100 Å². The van der Waals surface area contributed by atoms with E-state index in [1.54, 1.807) is 42.5 Å². The van der Waals surface area contributed by atoms with Gasteiger partial charge < -0.3 is 10.1 Å². The number of imide groups is 1. The summed E-state index contributed by atoms with van der Waals surface area (Å²) in [6.07, 6.45) is 0.0404. The Kier molecular flexibility index (Phi) is 6.50. The maximum absolute atomic E-state index is 14.3. The Hall–Kier alpha value is -3.93. The molecule has 1 N–H and O–H groups in total. The summed E-state index contributed by atoms with van der Waals surface area (Å²) in [6.45, 7) is 7.62. The Morgan fingerprint density at radius 2 is 1.65 bits per heavy atom. The Labute approximate surface area is 198 Å². The fourth-order valence-electron chi connectivity index (χ4n) is 4.01. The minimum atomic E-state index is -0.495. The molecule has 34 heavy (non-hydrogen) atoms. The summed E-state index contributed by atoms with van der Waals surface area (Å²) in [5.41, 5.74) is 3.97. The zero-order chi connectivity index (χ0) is 24.4. The molecule has 3 aromatic carbocycles. The van der Waals surface area contributed by atoms with Crippen LogP contribution >= 0.6 is 0 Å². The summed E-state index contributed by atoms with van der Waals surface area (Å²) in [6, 6.07) is 19.1. The normalized spacial score (nSPS) is 13.8. The topological polar surface area (TPSA) is 58.6 Å². The summed E-state index contributed by atoms with van der Waals surface area (Å²) in [7, 11) is 0. The molecule has 0 spiro atoms. The molecule has 0 aliphatic carbocycles. The third kappa shape index (κ3) is 4.71. The lowest BCUT2D eigenvalue weighted by Gasteiger charge is -2.16. The van der Waals surface area contributed by atoms with Gasteiger partial charge in [-0.15, -0.1) is 0 Å². The van der Waals surface area contributed by atoms with Gasteiger partial charge in [0.15, 0.2) is 0 Å². The van der Waals surface area contributed by atoms with E-state index >= 15 is 0 Å². The number of benzene rings is 3. The van der Waals surface area contributed by atoms with Crippen LogP contribution in [0.4, 0.5) is 10.1 Å². The van der Waals surface area contributed by atoms with Crippen molar-refractivity contribution in [2.45, 2.75) is 40.3 Å². The first-order valence-electron chi connectivity index (χ1n) is 11.2. The first-order valence-corrected chi connectivity index (χ1v) is 11.2. The molecule has 4 rings (SSSR count). The van der Waals surface area contributed by atoms with Gasteiger partial charge in [0.05, 0.1) is 18.2 Å². The van der Waals surface area contributed by atoms with Crippen LogP contribution in [0.15, 0.2) is 72.4 Å². The van der Waals surface area contributed by atoms with Crippen LogP contribution in [0.2, 0.25) is 0 Å². The van der Waals surface area contributed by atoms with Crippen molar-refractivity contribution in [2.75, 3.05) is 5.32 Å².